The van der Waals surface area contributed by atoms with E-state index in [9.17, 15) is 0 Å². The summed E-state index contributed by atoms with van der Waals surface area (Å²) in [6.45, 7) is 0. The predicted octanol–water partition coefficient (Wildman–Crippen LogP) is 11.8. The van der Waals surface area contributed by atoms with E-state index in [0.717, 1.165) is 83.1 Å². The molecule has 0 aliphatic heterocycles. The van der Waals surface area contributed by atoms with Gasteiger partial charge in [0.25, 0.3) is 0 Å². The molecule has 0 radical (unpaired) electrons. The smallest absolute Gasteiger partial charge is 0.147 e. The summed E-state index contributed by atoms with van der Waals surface area (Å²) < 4.78 is 15.3. The molecular weight excluding hydrogens is 576 g/mol. The van der Waals surface area contributed by atoms with Gasteiger partial charge in [-0.25, -0.2) is 4.98 Å². The molecule has 0 fully saturated rings. The highest BCUT2D eigenvalue weighted by Gasteiger charge is 2.21. The second-order valence-corrected chi connectivity index (χ2v) is 12.0. The zero-order valence-electron chi connectivity index (χ0n) is 25.2. The minimum Gasteiger partial charge on any atom is -0.455 e. The summed E-state index contributed by atoms with van der Waals surface area (Å²) in [7, 11) is 0. The van der Waals surface area contributed by atoms with Crippen LogP contribution in [0, 0.1) is 0 Å². The third-order valence-corrected chi connectivity index (χ3v) is 9.24. The first-order chi connectivity index (χ1) is 23.3. The number of para-hydroxylation sites is 4. The lowest BCUT2D eigenvalue weighted by Gasteiger charge is -2.12. The van der Waals surface area contributed by atoms with Crippen molar-refractivity contribution in [3.05, 3.63) is 158 Å². The largest absolute Gasteiger partial charge is 0.455 e. The van der Waals surface area contributed by atoms with E-state index in [1.807, 2.05) is 36.4 Å². The summed E-state index contributed by atoms with van der Waals surface area (Å²) in [6, 6.07) is 54.8. The fourth-order valence-corrected chi connectivity index (χ4v) is 7.00. The van der Waals surface area contributed by atoms with Crippen LogP contribution in [-0.2, 0) is 0 Å². The molecular formula is C43H26N2O2. The van der Waals surface area contributed by atoms with Crippen LogP contribution in [0.2, 0.25) is 0 Å². The van der Waals surface area contributed by atoms with Crippen molar-refractivity contribution in [1.82, 2.24) is 9.55 Å². The molecule has 4 nitrogen and oxygen atoms in total. The molecule has 10 aromatic rings. The van der Waals surface area contributed by atoms with Crippen molar-refractivity contribution in [2.45, 2.75) is 0 Å². The van der Waals surface area contributed by atoms with Crippen molar-refractivity contribution < 1.29 is 8.83 Å². The van der Waals surface area contributed by atoms with Crippen molar-refractivity contribution >= 4 is 54.9 Å². The summed E-state index contributed by atoms with van der Waals surface area (Å²) in [5.74, 6) is 0.901. The lowest BCUT2D eigenvalue weighted by Crippen LogP contribution is -1.97. The van der Waals surface area contributed by atoms with E-state index in [2.05, 4.69) is 126 Å². The second-order valence-electron chi connectivity index (χ2n) is 12.0. The Morgan fingerprint density at radius 2 is 0.957 bits per heavy atom. The number of furan rings is 2. The Morgan fingerprint density at radius 3 is 1.64 bits per heavy atom. The number of rotatable bonds is 4. The first kappa shape index (κ1) is 25.9. The highest BCUT2D eigenvalue weighted by Crippen LogP contribution is 2.44. The van der Waals surface area contributed by atoms with E-state index in [-0.39, 0.29) is 0 Å². The number of hydrogen-bond donors (Lipinski definition) is 0. The van der Waals surface area contributed by atoms with Crippen LogP contribution >= 0.6 is 0 Å². The normalized spacial score (nSPS) is 11.8. The standard InChI is InChI=1S/C43H26N2O2/c1-2-10-27(11-3-1)28-18-20-30(21-19-28)43-44-36-14-6-7-15-37(36)45(43)31-24-22-29(23-25-31)40-41-34(32-12-4-8-16-38(32)46-41)26-35-33-13-5-9-17-39(33)47-42(35)40/h1-26H. The van der Waals surface area contributed by atoms with Gasteiger partial charge in [0.1, 0.15) is 28.2 Å². The zero-order chi connectivity index (χ0) is 30.9. The summed E-state index contributed by atoms with van der Waals surface area (Å²) in [4.78, 5) is 5.11. The molecule has 0 saturated heterocycles. The predicted molar refractivity (Wildman–Crippen MR) is 192 cm³/mol. The molecule has 0 aliphatic carbocycles. The van der Waals surface area contributed by atoms with Crippen molar-refractivity contribution in [3.63, 3.8) is 0 Å². The molecule has 0 saturated carbocycles. The van der Waals surface area contributed by atoms with Gasteiger partial charge < -0.3 is 8.83 Å². The minimum atomic E-state index is 0.831. The van der Waals surface area contributed by atoms with Gasteiger partial charge in [-0.05, 0) is 59.2 Å². The second kappa shape index (κ2) is 10.1. The monoisotopic (exact) mass is 602 g/mol. The summed E-state index contributed by atoms with van der Waals surface area (Å²) in [5, 5.41) is 4.36. The topological polar surface area (TPSA) is 44.1 Å². The van der Waals surface area contributed by atoms with Gasteiger partial charge in [0, 0.05) is 32.8 Å². The Hall–Kier alpha value is -6.39. The van der Waals surface area contributed by atoms with Gasteiger partial charge in [-0.2, -0.15) is 0 Å². The molecule has 10 rings (SSSR count). The Morgan fingerprint density at radius 1 is 0.426 bits per heavy atom. The van der Waals surface area contributed by atoms with E-state index in [4.69, 9.17) is 13.8 Å². The minimum absolute atomic E-state index is 0.831. The zero-order valence-corrected chi connectivity index (χ0v) is 25.2. The van der Waals surface area contributed by atoms with Gasteiger partial charge in [0.2, 0.25) is 0 Å². The molecule has 0 amide bonds. The van der Waals surface area contributed by atoms with E-state index < -0.39 is 0 Å². The van der Waals surface area contributed by atoms with Gasteiger partial charge in [-0.3, -0.25) is 4.57 Å². The number of fused-ring (bicyclic) bond motifs is 7. The Bertz CT molecular complexity index is 2680. The van der Waals surface area contributed by atoms with Crippen molar-refractivity contribution in [2.75, 3.05) is 0 Å². The van der Waals surface area contributed by atoms with Gasteiger partial charge in [0.05, 0.1) is 16.6 Å². The van der Waals surface area contributed by atoms with E-state index in [1.54, 1.807) is 0 Å². The van der Waals surface area contributed by atoms with Crippen LogP contribution < -0.4 is 0 Å². The summed E-state index contributed by atoms with van der Waals surface area (Å²) in [6.07, 6.45) is 0. The fraction of sp³-hybridized carbons (Fsp3) is 0. The molecule has 7 aromatic carbocycles. The number of hydrogen-bond acceptors (Lipinski definition) is 3. The maximum absolute atomic E-state index is 6.55. The molecule has 0 aliphatic rings. The molecule has 0 atom stereocenters. The number of imidazole rings is 1. The van der Waals surface area contributed by atoms with Crippen molar-refractivity contribution in [2.24, 2.45) is 0 Å². The number of nitrogens with zero attached hydrogens (tertiary/aromatic N) is 2. The molecule has 0 spiro atoms. The van der Waals surface area contributed by atoms with E-state index in [0.29, 0.717) is 0 Å². The van der Waals surface area contributed by atoms with Crippen LogP contribution in [0.3, 0.4) is 0 Å². The molecule has 47 heavy (non-hydrogen) atoms. The summed E-state index contributed by atoms with van der Waals surface area (Å²) in [5.41, 5.74) is 11.9. The quantitative estimate of drug-likeness (QED) is 0.201. The van der Waals surface area contributed by atoms with E-state index in [1.165, 1.54) is 11.1 Å². The van der Waals surface area contributed by atoms with Crippen LogP contribution in [0.1, 0.15) is 0 Å². The molecule has 0 bridgehead atoms. The lowest BCUT2D eigenvalue weighted by molar-refractivity contribution is 0.658. The van der Waals surface area contributed by atoms with Gasteiger partial charge in [-0.15, -0.1) is 0 Å². The third kappa shape index (κ3) is 3.98. The van der Waals surface area contributed by atoms with Crippen LogP contribution in [0.4, 0.5) is 0 Å². The molecule has 220 valence electrons. The van der Waals surface area contributed by atoms with Crippen LogP contribution in [-0.4, -0.2) is 9.55 Å². The maximum Gasteiger partial charge on any atom is 0.147 e. The van der Waals surface area contributed by atoms with E-state index >= 15 is 0 Å². The molecule has 0 N–H and O–H groups in total. The molecule has 3 aromatic heterocycles. The Balaban J connectivity index is 1.15. The van der Waals surface area contributed by atoms with Crippen molar-refractivity contribution in [1.29, 1.82) is 0 Å². The first-order valence-corrected chi connectivity index (χ1v) is 15.8. The average Bonchev–Trinajstić information content (AvgIpc) is 3.83. The summed E-state index contributed by atoms with van der Waals surface area (Å²) >= 11 is 0. The fourth-order valence-electron chi connectivity index (χ4n) is 7.00. The van der Waals surface area contributed by atoms with Gasteiger partial charge in [-0.1, -0.05) is 115 Å². The third-order valence-electron chi connectivity index (χ3n) is 9.24. The average molecular weight is 603 g/mol. The first-order valence-electron chi connectivity index (χ1n) is 15.8. The number of aromatic nitrogens is 2. The number of benzene rings is 7. The van der Waals surface area contributed by atoms with Gasteiger partial charge >= 0.3 is 0 Å². The van der Waals surface area contributed by atoms with Crippen molar-refractivity contribution in [3.8, 4) is 39.3 Å². The SMILES string of the molecule is c1ccc(-c2ccc(-c3nc4ccccc4n3-c3ccc(-c4c5oc6ccccc6c5cc5c4oc4ccccc45)cc3)cc2)cc1. The van der Waals surface area contributed by atoms with Crippen LogP contribution in [0.15, 0.2) is 167 Å². The van der Waals surface area contributed by atoms with Crippen LogP contribution in [0.25, 0.3) is 94.2 Å². The lowest BCUT2D eigenvalue weighted by atomic mass is 9.98. The molecule has 3 heterocycles. The highest BCUT2D eigenvalue weighted by molar-refractivity contribution is 6.21. The van der Waals surface area contributed by atoms with Crippen LogP contribution in [0.5, 0.6) is 0 Å². The van der Waals surface area contributed by atoms with Gasteiger partial charge in [0.15, 0.2) is 0 Å². The molecule has 4 heteroatoms. The Kier molecular flexibility index (Phi) is 5.54. The maximum atomic E-state index is 6.55. The highest BCUT2D eigenvalue weighted by atomic mass is 16.3. The molecule has 0 unspecified atom stereocenters. The Labute approximate surface area is 269 Å².